The number of carbonyl (C=O) groups excluding carboxylic acids is 1. The average Bonchev–Trinajstić information content (AvgIpc) is 2.30. The van der Waals surface area contributed by atoms with Crippen LogP contribution in [0.2, 0.25) is 0 Å². The fourth-order valence-corrected chi connectivity index (χ4v) is 1.21. The minimum Gasteiger partial charge on any atom is -0.461 e. The second-order valence-corrected chi connectivity index (χ2v) is 3.23. The highest BCUT2D eigenvalue weighted by molar-refractivity contribution is 5.86. The Labute approximate surface area is 98.8 Å². The van der Waals surface area contributed by atoms with Crippen molar-refractivity contribution >= 4 is 12.0 Å². The molecule has 5 nitrogen and oxygen atoms in total. The number of nitrogens with one attached hydrogen (secondary N) is 1. The van der Waals surface area contributed by atoms with Gasteiger partial charge in [0.05, 0.1) is 18.0 Å². The molecule has 0 saturated heterocycles. The van der Waals surface area contributed by atoms with Crippen molar-refractivity contribution in [2.24, 2.45) is 0 Å². The van der Waals surface area contributed by atoms with E-state index in [1.165, 1.54) is 0 Å². The molecule has 1 rings (SSSR count). The fourth-order valence-electron chi connectivity index (χ4n) is 1.21. The lowest BCUT2D eigenvalue weighted by atomic mass is 10.3. The molecule has 0 amide bonds. The fraction of sp³-hybridized carbons (Fsp3) is 0.250. The van der Waals surface area contributed by atoms with Crippen LogP contribution in [0.5, 0.6) is 0 Å². The van der Waals surface area contributed by atoms with Gasteiger partial charge in [0.15, 0.2) is 0 Å². The molecule has 0 fully saturated rings. The van der Waals surface area contributed by atoms with Crippen molar-refractivity contribution in [2.45, 2.75) is 13.8 Å². The summed E-state index contributed by atoms with van der Waals surface area (Å²) in [7, 11) is 0. The second kappa shape index (κ2) is 5.79. The number of hydrogen-bond donors (Lipinski definition) is 1. The van der Waals surface area contributed by atoms with Crippen LogP contribution in [0.1, 0.15) is 28.8 Å². The van der Waals surface area contributed by atoms with Gasteiger partial charge in [-0.2, -0.15) is 0 Å². The largest absolute Gasteiger partial charge is 0.461 e. The number of H-pyrrole nitrogens is 1. The van der Waals surface area contributed by atoms with Crippen molar-refractivity contribution in [2.75, 3.05) is 6.61 Å². The SMILES string of the molecule is C=C/C=C\c1[nH]c(=O)c(C(=O)OCC)nc1C. The Morgan fingerprint density at radius 1 is 1.59 bits per heavy atom. The molecule has 1 aromatic heterocycles. The molecule has 0 spiro atoms. The summed E-state index contributed by atoms with van der Waals surface area (Å²) in [5, 5.41) is 0. The molecule has 0 aromatic carbocycles. The van der Waals surface area contributed by atoms with Crippen molar-refractivity contribution in [1.82, 2.24) is 9.97 Å². The predicted octanol–water partition coefficient (Wildman–Crippen LogP) is 1.45. The lowest BCUT2D eigenvalue weighted by Crippen LogP contribution is -2.23. The van der Waals surface area contributed by atoms with Crippen LogP contribution in [-0.2, 0) is 4.74 Å². The Morgan fingerprint density at radius 2 is 2.29 bits per heavy atom. The van der Waals surface area contributed by atoms with Crippen LogP contribution in [-0.4, -0.2) is 22.5 Å². The molecular weight excluding hydrogens is 220 g/mol. The van der Waals surface area contributed by atoms with Gasteiger partial charge in [0.2, 0.25) is 5.69 Å². The standard InChI is InChI=1S/C12H14N2O3/c1-4-6-7-9-8(3)13-10(11(15)14-9)12(16)17-5-2/h4,6-7H,1,5H2,2-3H3,(H,14,15)/b7-6-. The molecule has 1 aromatic rings. The van der Waals surface area contributed by atoms with Crippen LogP contribution in [0.15, 0.2) is 23.5 Å². The lowest BCUT2D eigenvalue weighted by Gasteiger charge is -2.03. The summed E-state index contributed by atoms with van der Waals surface area (Å²) in [6, 6.07) is 0. The predicted molar refractivity (Wildman–Crippen MR) is 64.8 cm³/mol. The zero-order valence-electron chi connectivity index (χ0n) is 9.82. The average molecular weight is 234 g/mol. The van der Waals surface area contributed by atoms with Gasteiger partial charge in [-0.15, -0.1) is 0 Å². The molecule has 0 atom stereocenters. The van der Waals surface area contributed by atoms with Crippen LogP contribution < -0.4 is 5.56 Å². The van der Waals surface area contributed by atoms with Crippen molar-refractivity contribution < 1.29 is 9.53 Å². The highest BCUT2D eigenvalue weighted by Crippen LogP contribution is 2.03. The van der Waals surface area contributed by atoms with Crippen LogP contribution in [0, 0.1) is 6.92 Å². The number of hydrogen-bond acceptors (Lipinski definition) is 4. The summed E-state index contributed by atoms with van der Waals surface area (Å²) in [6.07, 6.45) is 4.91. The van der Waals surface area contributed by atoms with Crippen molar-refractivity contribution in [1.29, 1.82) is 0 Å². The third-order valence-electron chi connectivity index (χ3n) is 2.00. The molecule has 0 saturated carbocycles. The molecule has 90 valence electrons. The number of aryl methyl sites for hydroxylation is 1. The van der Waals surface area contributed by atoms with Gasteiger partial charge in [-0.05, 0) is 19.9 Å². The molecule has 5 heteroatoms. The molecular formula is C12H14N2O3. The first-order valence-corrected chi connectivity index (χ1v) is 5.17. The maximum atomic E-state index is 11.6. The van der Waals surface area contributed by atoms with Crippen LogP contribution in [0.3, 0.4) is 0 Å². The zero-order valence-corrected chi connectivity index (χ0v) is 9.82. The van der Waals surface area contributed by atoms with Crippen molar-refractivity contribution in [3.05, 3.63) is 46.2 Å². The highest BCUT2D eigenvalue weighted by Gasteiger charge is 2.15. The van der Waals surface area contributed by atoms with Crippen molar-refractivity contribution in [3.63, 3.8) is 0 Å². The summed E-state index contributed by atoms with van der Waals surface area (Å²) < 4.78 is 4.73. The third-order valence-corrected chi connectivity index (χ3v) is 2.00. The van der Waals surface area contributed by atoms with E-state index in [-0.39, 0.29) is 12.3 Å². The second-order valence-electron chi connectivity index (χ2n) is 3.23. The van der Waals surface area contributed by atoms with Gasteiger partial charge in [0.1, 0.15) is 0 Å². The molecule has 0 aliphatic rings. The molecule has 17 heavy (non-hydrogen) atoms. The van der Waals surface area contributed by atoms with Gasteiger partial charge in [-0.1, -0.05) is 18.7 Å². The Hall–Kier alpha value is -2.17. The summed E-state index contributed by atoms with van der Waals surface area (Å²) in [5.41, 5.74) is 0.312. The normalized spacial score (nSPS) is 10.5. The van der Waals surface area contributed by atoms with E-state index in [4.69, 9.17) is 4.74 Å². The minimum atomic E-state index is -0.712. The molecule has 0 bridgehead atoms. The van der Waals surface area contributed by atoms with Crippen molar-refractivity contribution in [3.8, 4) is 0 Å². The number of nitrogens with zero attached hydrogens (tertiary/aromatic N) is 1. The lowest BCUT2D eigenvalue weighted by molar-refractivity contribution is 0.0517. The molecule has 0 unspecified atom stereocenters. The summed E-state index contributed by atoms with van der Waals surface area (Å²) >= 11 is 0. The van der Waals surface area contributed by atoms with Gasteiger partial charge in [0.25, 0.3) is 5.56 Å². The summed E-state index contributed by atoms with van der Waals surface area (Å²) in [5.74, 6) is -0.712. The van der Waals surface area contributed by atoms with E-state index in [9.17, 15) is 9.59 Å². The Bertz CT molecular complexity index is 515. The first kappa shape index (κ1) is 12.9. The maximum absolute atomic E-state index is 11.6. The number of rotatable bonds is 4. The van der Waals surface area contributed by atoms with E-state index in [1.807, 2.05) is 0 Å². The number of esters is 1. The number of aromatic amines is 1. The smallest absolute Gasteiger partial charge is 0.362 e. The topological polar surface area (TPSA) is 72.0 Å². The van der Waals surface area contributed by atoms with E-state index >= 15 is 0 Å². The quantitative estimate of drug-likeness (QED) is 0.632. The van der Waals surface area contributed by atoms with E-state index in [0.717, 1.165) is 0 Å². The van der Waals surface area contributed by atoms with E-state index < -0.39 is 11.5 Å². The minimum absolute atomic E-state index is 0.205. The number of carbonyl (C=O) groups is 1. The van der Waals surface area contributed by atoms with E-state index in [1.54, 1.807) is 32.1 Å². The molecule has 0 aliphatic heterocycles. The van der Waals surface area contributed by atoms with Gasteiger partial charge in [0, 0.05) is 0 Å². The highest BCUT2D eigenvalue weighted by atomic mass is 16.5. The van der Waals surface area contributed by atoms with Gasteiger partial charge >= 0.3 is 5.97 Å². The molecule has 0 radical (unpaired) electrons. The summed E-state index contributed by atoms with van der Waals surface area (Å²) in [4.78, 5) is 29.5. The Balaban J connectivity index is 3.18. The number of ether oxygens (including phenoxy) is 1. The molecule has 1 heterocycles. The molecule has 1 N–H and O–H groups in total. The van der Waals surface area contributed by atoms with E-state index in [2.05, 4.69) is 16.5 Å². The van der Waals surface area contributed by atoms with Crippen LogP contribution in [0.4, 0.5) is 0 Å². The molecule has 0 aliphatic carbocycles. The number of aromatic nitrogens is 2. The first-order valence-electron chi connectivity index (χ1n) is 5.17. The first-order chi connectivity index (χ1) is 8.10. The summed E-state index contributed by atoms with van der Waals surface area (Å²) in [6.45, 7) is 7.09. The van der Waals surface area contributed by atoms with Gasteiger partial charge in [-0.25, -0.2) is 9.78 Å². The maximum Gasteiger partial charge on any atom is 0.362 e. The Morgan fingerprint density at radius 3 is 2.88 bits per heavy atom. The number of allylic oxidation sites excluding steroid dienone is 2. The van der Waals surface area contributed by atoms with Gasteiger partial charge in [-0.3, -0.25) is 4.79 Å². The van der Waals surface area contributed by atoms with E-state index in [0.29, 0.717) is 11.4 Å². The van der Waals surface area contributed by atoms with Gasteiger partial charge < -0.3 is 9.72 Å². The van der Waals surface area contributed by atoms with Crippen LogP contribution >= 0.6 is 0 Å². The third kappa shape index (κ3) is 3.14. The monoisotopic (exact) mass is 234 g/mol. The Kier molecular flexibility index (Phi) is 4.39. The zero-order chi connectivity index (χ0) is 12.8. The van der Waals surface area contributed by atoms with Crippen LogP contribution in [0.25, 0.3) is 6.08 Å².